The van der Waals surface area contributed by atoms with Crippen molar-refractivity contribution in [3.05, 3.63) is 33.4 Å². The van der Waals surface area contributed by atoms with Crippen LogP contribution in [0.4, 0.5) is 0 Å². The molecule has 172 valence electrons. The first-order chi connectivity index (χ1) is 15.4. The van der Waals surface area contributed by atoms with Crippen LogP contribution in [0, 0.1) is 5.92 Å². The second-order valence-corrected chi connectivity index (χ2v) is 9.25. The number of aromatic hydroxyl groups is 1. The summed E-state index contributed by atoms with van der Waals surface area (Å²) < 4.78 is 17.3. The maximum atomic E-state index is 13.3. The molecule has 1 saturated carbocycles. The molecular weight excluding hydrogens is 478 g/mol. The first-order valence-corrected chi connectivity index (χ1v) is 11.9. The van der Waals surface area contributed by atoms with Crippen molar-refractivity contribution in [3.8, 4) is 11.5 Å². The number of phenols is 1. The van der Waals surface area contributed by atoms with Crippen molar-refractivity contribution < 1.29 is 28.9 Å². The molecule has 1 N–H and O–H groups in total. The molecule has 0 radical (unpaired) electrons. The van der Waals surface area contributed by atoms with Crippen LogP contribution < -0.4 is 4.74 Å². The zero-order valence-corrected chi connectivity index (χ0v) is 19.9. The van der Waals surface area contributed by atoms with Gasteiger partial charge in [-0.2, -0.15) is 0 Å². The van der Waals surface area contributed by atoms with Crippen LogP contribution in [0.25, 0.3) is 0 Å². The smallest absolute Gasteiger partial charge is 0.336 e. The SMILES string of the molecule is CCOc1cc([C@H]2C(C(=O)OC[C@@H]3CCCO3)=C(C)N=C3CCCC(=O)C32)cc(Br)c1O. The van der Waals surface area contributed by atoms with Crippen LogP contribution in [0.2, 0.25) is 0 Å². The molecule has 2 aliphatic heterocycles. The number of hydrogen-bond acceptors (Lipinski definition) is 7. The summed E-state index contributed by atoms with van der Waals surface area (Å²) in [5, 5.41) is 10.4. The van der Waals surface area contributed by atoms with Crippen molar-refractivity contribution >= 4 is 33.4 Å². The number of Topliss-reactive ketones (excluding diaryl/α,β-unsaturated/α-hetero) is 1. The number of nitrogens with zero attached hydrogens (tertiary/aromatic N) is 1. The number of carbonyl (C=O) groups is 2. The Kier molecular flexibility index (Phi) is 7.00. The third kappa shape index (κ3) is 4.48. The van der Waals surface area contributed by atoms with E-state index in [1.165, 1.54) is 0 Å². The Balaban J connectivity index is 1.75. The predicted octanol–water partition coefficient (Wildman–Crippen LogP) is 4.46. The fourth-order valence-electron chi connectivity index (χ4n) is 4.81. The molecule has 32 heavy (non-hydrogen) atoms. The highest BCUT2D eigenvalue weighted by molar-refractivity contribution is 9.10. The van der Waals surface area contributed by atoms with Gasteiger partial charge in [0.1, 0.15) is 12.4 Å². The van der Waals surface area contributed by atoms with Crippen LogP contribution in [0.5, 0.6) is 11.5 Å². The normalized spacial score (nSPS) is 25.4. The topological polar surface area (TPSA) is 94.4 Å². The first-order valence-electron chi connectivity index (χ1n) is 11.2. The van der Waals surface area contributed by atoms with Crippen molar-refractivity contribution in [2.24, 2.45) is 10.9 Å². The lowest BCUT2D eigenvalue weighted by molar-refractivity contribution is -0.142. The zero-order chi connectivity index (χ0) is 22.8. The van der Waals surface area contributed by atoms with Gasteiger partial charge in [-0.1, -0.05) is 0 Å². The molecule has 3 atom stereocenters. The van der Waals surface area contributed by atoms with E-state index >= 15 is 0 Å². The van der Waals surface area contributed by atoms with Gasteiger partial charge in [-0.3, -0.25) is 9.79 Å². The second-order valence-electron chi connectivity index (χ2n) is 8.39. The van der Waals surface area contributed by atoms with Crippen LogP contribution in [-0.2, 0) is 19.1 Å². The highest BCUT2D eigenvalue weighted by Crippen LogP contribution is 2.46. The molecule has 1 unspecified atom stereocenters. The summed E-state index contributed by atoms with van der Waals surface area (Å²) >= 11 is 3.39. The van der Waals surface area contributed by atoms with E-state index < -0.39 is 17.8 Å². The van der Waals surface area contributed by atoms with Crippen molar-refractivity contribution in [3.63, 3.8) is 0 Å². The van der Waals surface area contributed by atoms with Gasteiger partial charge >= 0.3 is 5.97 Å². The summed E-state index contributed by atoms with van der Waals surface area (Å²) in [6.07, 6.45) is 3.66. The molecule has 1 aliphatic carbocycles. The summed E-state index contributed by atoms with van der Waals surface area (Å²) in [5.74, 6) is -1.20. The number of allylic oxidation sites excluding steroid dienone is 1. The van der Waals surface area contributed by atoms with E-state index in [1.54, 1.807) is 19.1 Å². The summed E-state index contributed by atoms with van der Waals surface area (Å²) in [6, 6.07) is 3.45. The minimum Gasteiger partial charge on any atom is -0.503 e. The number of hydrogen-bond donors (Lipinski definition) is 1. The number of halogens is 1. The third-order valence-electron chi connectivity index (χ3n) is 6.26. The molecule has 1 aromatic carbocycles. The highest BCUT2D eigenvalue weighted by atomic mass is 79.9. The number of fused-ring (bicyclic) bond motifs is 1. The molecule has 7 nitrogen and oxygen atoms in total. The van der Waals surface area contributed by atoms with Crippen molar-refractivity contribution in [1.29, 1.82) is 0 Å². The number of aliphatic imine (C=N–C) groups is 1. The number of phenolic OH excluding ortho intramolecular Hbond substituents is 1. The quantitative estimate of drug-likeness (QED) is 0.573. The number of ether oxygens (including phenoxy) is 3. The van der Waals surface area contributed by atoms with E-state index in [1.807, 2.05) is 6.92 Å². The summed E-state index contributed by atoms with van der Waals surface area (Å²) in [7, 11) is 0. The van der Waals surface area contributed by atoms with Crippen LogP contribution >= 0.6 is 15.9 Å². The average molecular weight is 506 g/mol. The zero-order valence-electron chi connectivity index (χ0n) is 18.4. The molecule has 2 heterocycles. The monoisotopic (exact) mass is 505 g/mol. The molecule has 2 fully saturated rings. The summed E-state index contributed by atoms with van der Waals surface area (Å²) in [4.78, 5) is 31.0. The van der Waals surface area contributed by atoms with E-state index in [9.17, 15) is 14.7 Å². The first kappa shape index (κ1) is 23.0. The van der Waals surface area contributed by atoms with Gasteiger partial charge in [0.25, 0.3) is 0 Å². The summed E-state index contributed by atoms with van der Waals surface area (Å²) in [5.41, 5.74) is 2.46. The fraction of sp³-hybridized carbons (Fsp3) is 0.542. The maximum Gasteiger partial charge on any atom is 0.336 e. The molecule has 0 bridgehead atoms. The standard InChI is InChI=1S/C24H28BrNO6/c1-3-30-19-11-14(10-16(25)23(19)28)21-20(24(29)32-12-15-6-5-9-31-15)13(2)26-17-7-4-8-18(27)22(17)21/h10-11,15,21-22,28H,3-9,12H2,1-2H3/t15-,21-,22?/m0/s1. The Morgan fingerprint density at radius 1 is 1.28 bits per heavy atom. The second kappa shape index (κ2) is 9.75. The molecule has 1 saturated heterocycles. The Bertz CT molecular complexity index is 979. The van der Waals surface area contributed by atoms with Crippen LogP contribution in [0.1, 0.15) is 57.4 Å². The van der Waals surface area contributed by atoms with Crippen LogP contribution in [-0.4, -0.2) is 48.5 Å². The third-order valence-corrected chi connectivity index (χ3v) is 6.87. The van der Waals surface area contributed by atoms with Gasteiger partial charge in [-0.25, -0.2) is 4.79 Å². The molecule has 0 spiro atoms. The van der Waals surface area contributed by atoms with E-state index in [0.717, 1.165) is 31.4 Å². The highest BCUT2D eigenvalue weighted by Gasteiger charge is 2.44. The number of benzene rings is 1. The lowest BCUT2D eigenvalue weighted by Crippen LogP contribution is -2.39. The van der Waals surface area contributed by atoms with Crippen molar-refractivity contribution in [2.75, 3.05) is 19.8 Å². The van der Waals surface area contributed by atoms with E-state index in [4.69, 9.17) is 14.2 Å². The van der Waals surface area contributed by atoms with Crippen LogP contribution in [0.3, 0.4) is 0 Å². The Morgan fingerprint density at radius 3 is 2.81 bits per heavy atom. The predicted molar refractivity (Wildman–Crippen MR) is 122 cm³/mol. The van der Waals surface area contributed by atoms with Gasteiger partial charge in [-0.05, 0) is 73.2 Å². The largest absolute Gasteiger partial charge is 0.503 e. The van der Waals surface area contributed by atoms with Gasteiger partial charge in [0.2, 0.25) is 0 Å². The van der Waals surface area contributed by atoms with Crippen LogP contribution in [0.15, 0.2) is 32.9 Å². The summed E-state index contributed by atoms with van der Waals surface area (Å²) in [6.45, 7) is 4.85. The minimum atomic E-state index is -0.552. The molecule has 1 aromatic rings. The van der Waals surface area contributed by atoms with Crippen molar-refractivity contribution in [2.45, 2.75) is 58.0 Å². The van der Waals surface area contributed by atoms with Gasteiger partial charge < -0.3 is 19.3 Å². The lowest BCUT2D eigenvalue weighted by atomic mass is 9.69. The number of ketones is 1. The van der Waals surface area contributed by atoms with E-state index in [-0.39, 0.29) is 24.2 Å². The lowest BCUT2D eigenvalue weighted by Gasteiger charge is -2.36. The van der Waals surface area contributed by atoms with Crippen molar-refractivity contribution in [1.82, 2.24) is 0 Å². The molecule has 0 aromatic heterocycles. The number of carbonyl (C=O) groups excluding carboxylic acids is 2. The Labute approximate surface area is 196 Å². The van der Waals surface area contributed by atoms with E-state index in [2.05, 4.69) is 20.9 Å². The maximum absolute atomic E-state index is 13.3. The number of esters is 1. The average Bonchev–Trinajstić information content (AvgIpc) is 3.28. The molecule has 0 amide bonds. The minimum absolute atomic E-state index is 0.0153. The number of rotatable bonds is 6. The Hall–Kier alpha value is -2.19. The molecular formula is C24H28BrNO6. The molecule has 4 rings (SSSR count). The molecule has 8 heteroatoms. The van der Waals surface area contributed by atoms with Gasteiger partial charge in [0.15, 0.2) is 11.5 Å². The Morgan fingerprint density at radius 2 is 2.09 bits per heavy atom. The molecule has 3 aliphatic rings. The van der Waals surface area contributed by atoms with Gasteiger partial charge in [-0.15, -0.1) is 0 Å². The van der Waals surface area contributed by atoms with Gasteiger partial charge in [0.05, 0.1) is 28.7 Å². The van der Waals surface area contributed by atoms with Gasteiger partial charge in [0, 0.05) is 30.4 Å². The fourth-order valence-corrected chi connectivity index (χ4v) is 5.27. The van der Waals surface area contributed by atoms with E-state index in [0.29, 0.717) is 46.7 Å².